The number of carbonyl (C=O) groups is 1. The summed E-state index contributed by atoms with van der Waals surface area (Å²) in [5, 5.41) is 10.8. The van der Waals surface area contributed by atoms with E-state index in [1.165, 1.54) is 0 Å². The first kappa shape index (κ1) is 23.8. The normalized spacial score (nSPS) is 15.0. The maximum atomic E-state index is 12.3. The Morgan fingerprint density at radius 2 is 1.97 bits per heavy atom. The van der Waals surface area contributed by atoms with Gasteiger partial charge in [-0.2, -0.15) is 0 Å². The summed E-state index contributed by atoms with van der Waals surface area (Å²) in [4.78, 5) is 19.4. The topological polar surface area (TPSA) is 71.9 Å². The lowest BCUT2D eigenvalue weighted by Crippen LogP contribution is -2.31. The number of benzene rings is 2. The molecule has 178 valence electrons. The van der Waals surface area contributed by atoms with Gasteiger partial charge in [-0.05, 0) is 54.3 Å². The average Bonchev–Trinajstić information content (AvgIpc) is 2.82. The van der Waals surface area contributed by atoms with E-state index in [9.17, 15) is 9.90 Å². The van der Waals surface area contributed by atoms with Crippen molar-refractivity contribution in [1.29, 1.82) is 0 Å². The quantitative estimate of drug-likeness (QED) is 0.462. The summed E-state index contributed by atoms with van der Waals surface area (Å²) in [7, 11) is 1.64. The predicted molar refractivity (Wildman–Crippen MR) is 135 cm³/mol. The van der Waals surface area contributed by atoms with Gasteiger partial charge in [0.2, 0.25) is 0 Å². The third-order valence-electron chi connectivity index (χ3n) is 6.22. The molecule has 0 radical (unpaired) electrons. The number of rotatable bonds is 8. The second-order valence-corrected chi connectivity index (χ2v) is 9.05. The molecule has 0 saturated carbocycles. The third-order valence-corrected chi connectivity index (χ3v) is 6.22. The highest BCUT2D eigenvalue weighted by Crippen LogP contribution is 2.35. The Balaban J connectivity index is 1.78. The second kappa shape index (κ2) is 10.3. The average molecular weight is 461 g/mol. The fourth-order valence-corrected chi connectivity index (χ4v) is 4.35. The summed E-state index contributed by atoms with van der Waals surface area (Å²) in [6, 6.07) is 13.4. The minimum atomic E-state index is -0.920. The molecule has 0 saturated heterocycles. The first-order valence-electron chi connectivity index (χ1n) is 11.8. The van der Waals surface area contributed by atoms with Gasteiger partial charge in [0.1, 0.15) is 0 Å². The minimum Gasteiger partial charge on any atom is -0.493 e. The Bertz CT molecular complexity index is 1230. The molecule has 0 fully saturated rings. The zero-order chi connectivity index (χ0) is 24.2. The van der Waals surface area contributed by atoms with Crippen molar-refractivity contribution < 1.29 is 19.4 Å². The van der Waals surface area contributed by atoms with Crippen LogP contribution in [0, 0.1) is 5.92 Å². The van der Waals surface area contributed by atoms with E-state index in [0.29, 0.717) is 47.8 Å². The molecule has 4 rings (SSSR count). The van der Waals surface area contributed by atoms with Gasteiger partial charge in [0.25, 0.3) is 0 Å². The van der Waals surface area contributed by atoms with Crippen LogP contribution in [0.5, 0.6) is 11.5 Å². The van der Waals surface area contributed by atoms with Crippen LogP contribution in [0.3, 0.4) is 0 Å². The fraction of sp³-hybridized carbons (Fsp3) is 0.357. The summed E-state index contributed by atoms with van der Waals surface area (Å²) in [5.41, 5.74) is 4.52. The lowest BCUT2D eigenvalue weighted by atomic mass is 9.92. The molecule has 34 heavy (non-hydrogen) atoms. The summed E-state index contributed by atoms with van der Waals surface area (Å²) in [5.74, 6) is 1.06. The summed E-state index contributed by atoms with van der Waals surface area (Å²) >= 11 is 0. The van der Waals surface area contributed by atoms with E-state index in [-0.39, 0.29) is 0 Å². The predicted octanol–water partition coefficient (Wildman–Crippen LogP) is 5.74. The van der Waals surface area contributed by atoms with Gasteiger partial charge < -0.3 is 14.6 Å². The number of aromatic carboxylic acids is 1. The number of para-hydroxylation sites is 1. The standard InChI is InChI=1S/C28H32N2O4/c1-5-30-16-20(14-19-10-11-24(25(15-19)33-4)34-13-12-18(2)3)27-22(17-30)26(28(31)32)21-8-6-7-9-23(21)29-27/h6-11,14-15,18H,5,12-13,16-17H2,1-4H3,(H,31,32)/b20-14+. The number of carboxylic acid groups (broad SMARTS) is 1. The van der Waals surface area contributed by atoms with Crippen LogP contribution in [0.4, 0.5) is 0 Å². The monoisotopic (exact) mass is 460 g/mol. The van der Waals surface area contributed by atoms with Gasteiger partial charge in [-0.15, -0.1) is 0 Å². The molecule has 0 bridgehead atoms. The van der Waals surface area contributed by atoms with E-state index in [2.05, 4.69) is 31.7 Å². The van der Waals surface area contributed by atoms with Crippen molar-refractivity contribution in [2.75, 3.05) is 26.8 Å². The number of pyridine rings is 1. The van der Waals surface area contributed by atoms with Gasteiger partial charge in [0.05, 0.1) is 30.5 Å². The van der Waals surface area contributed by atoms with Crippen LogP contribution >= 0.6 is 0 Å². The fourth-order valence-electron chi connectivity index (χ4n) is 4.35. The van der Waals surface area contributed by atoms with Gasteiger partial charge in [0.15, 0.2) is 11.5 Å². The molecule has 0 spiro atoms. The number of hydrogen-bond acceptors (Lipinski definition) is 5. The van der Waals surface area contributed by atoms with Crippen LogP contribution < -0.4 is 9.47 Å². The molecular formula is C28H32N2O4. The summed E-state index contributed by atoms with van der Waals surface area (Å²) in [6.07, 6.45) is 3.05. The Kier molecular flexibility index (Phi) is 7.17. The van der Waals surface area contributed by atoms with Crippen LogP contribution in [0.2, 0.25) is 0 Å². The molecule has 1 aliphatic heterocycles. The van der Waals surface area contributed by atoms with Gasteiger partial charge in [-0.3, -0.25) is 4.90 Å². The second-order valence-electron chi connectivity index (χ2n) is 9.05. The molecule has 6 heteroatoms. The Labute approximate surface area is 200 Å². The van der Waals surface area contributed by atoms with Crippen molar-refractivity contribution >= 4 is 28.5 Å². The molecule has 0 amide bonds. The highest BCUT2D eigenvalue weighted by molar-refractivity contribution is 6.06. The number of aromatic nitrogens is 1. The molecule has 0 atom stereocenters. The highest BCUT2D eigenvalue weighted by Gasteiger charge is 2.28. The first-order valence-corrected chi connectivity index (χ1v) is 11.8. The molecule has 1 aromatic heterocycles. The van der Waals surface area contributed by atoms with E-state index >= 15 is 0 Å². The van der Waals surface area contributed by atoms with Crippen molar-refractivity contribution in [2.24, 2.45) is 5.92 Å². The smallest absolute Gasteiger partial charge is 0.336 e. The van der Waals surface area contributed by atoms with Gasteiger partial charge in [0, 0.05) is 24.0 Å². The maximum absolute atomic E-state index is 12.3. The van der Waals surface area contributed by atoms with Crippen molar-refractivity contribution in [2.45, 2.75) is 33.7 Å². The number of nitrogens with zero attached hydrogens (tertiary/aromatic N) is 2. The maximum Gasteiger partial charge on any atom is 0.336 e. The Hall–Kier alpha value is -3.38. The molecule has 3 aromatic rings. The Morgan fingerprint density at radius 3 is 2.68 bits per heavy atom. The number of hydrogen-bond donors (Lipinski definition) is 1. The molecule has 1 N–H and O–H groups in total. The first-order chi connectivity index (χ1) is 16.4. The summed E-state index contributed by atoms with van der Waals surface area (Å²) in [6.45, 7) is 9.15. The molecule has 2 aromatic carbocycles. The number of likely N-dealkylation sites (N-methyl/N-ethyl adjacent to an activating group) is 1. The van der Waals surface area contributed by atoms with E-state index in [1.807, 2.05) is 42.5 Å². The molecule has 1 aliphatic rings. The van der Waals surface area contributed by atoms with Crippen LogP contribution in [-0.4, -0.2) is 47.8 Å². The van der Waals surface area contributed by atoms with Crippen LogP contribution in [0.1, 0.15) is 54.4 Å². The van der Waals surface area contributed by atoms with E-state index in [0.717, 1.165) is 41.1 Å². The summed E-state index contributed by atoms with van der Waals surface area (Å²) < 4.78 is 11.5. The van der Waals surface area contributed by atoms with Crippen molar-refractivity contribution in [3.8, 4) is 11.5 Å². The van der Waals surface area contributed by atoms with E-state index < -0.39 is 5.97 Å². The molecule has 6 nitrogen and oxygen atoms in total. The number of methoxy groups -OCH3 is 1. The molecule has 2 heterocycles. The molecule has 0 aliphatic carbocycles. The SMILES string of the molecule is CCN1C/C(=C\c2ccc(OCCC(C)C)c(OC)c2)c2nc3ccccc3c(C(=O)O)c2C1. The van der Waals surface area contributed by atoms with Gasteiger partial charge in [-0.1, -0.05) is 45.0 Å². The van der Waals surface area contributed by atoms with Crippen molar-refractivity contribution in [1.82, 2.24) is 9.88 Å². The number of fused-ring (bicyclic) bond motifs is 2. The lowest BCUT2D eigenvalue weighted by Gasteiger charge is -2.30. The number of ether oxygens (including phenoxy) is 2. The minimum absolute atomic E-state index is 0.344. The largest absolute Gasteiger partial charge is 0.493 e. The van der Waals surface area contributed by atoms with Gasteiger partial charge >= 0.3 is 5.97 Å². The van der Waals surface area contributed by atoms with Crippen LogP contribution in [0.25, 0.3) is 22.6 Å². The zero-order valence-electron chi connectivity index (χ0n) is 20.3. The van der Waals surface area contributed by atoms with Crippen molar-refractivity contribution in [3.63, 3.8) is 0 Å². The zero-order valence-corrected chi connectivity index (χ0v) is 20.3. The highest BCUT2D eigenvalue weighted by atomic mass is 16.5. The Morgan fingerprint density at radius 1 is 1.18 bits per heavy atom. The lowest BCUT2D eigenvalue weighted by molar-refractivity contribution is 0.0696. The van der Waals surface area contributed by atoms with Crippen LogP contribution in [-0.2, 0) is 6.54 Å². The molecular weight excluding hydrogens is 428 g/mol. The van der Waals surface area contributed by atoms with Crippen molar-refractivity contribution in [3.05, 3.63) is 64.8 Å². The van der Waals surface area contributed by atoms with E-state index in [4.69, 9.17) is 14.5 Å². The third kappa shape index (κ3) is 4.92. The molecule has 0 unspecified atom stereocenters. The van der Waals surface area contributed by atoms with Crippen LogP contribution in [0.15, 0.2) is 42.5 Å². The van der Waals surface area contributed by atoms with E-state index in [1.54, 1.807) is 7.11 Å². The number of carboxylic acids is 1. The van der Waals surface area contributed by atoms with Gasteiger partial charge in [-0.25, -0.2) is 9.78 Å².